The largest absolute Gasteiger partial charge is 0.311 e. The quantitative estimate of drug-likeness (QED) is 0.159. The molecule has 0 aromatic heterocycles. The molecule has 0 saturated heterocycles. The molecule has 7 aromatic rings. The third-order valence-corrected chi connectivity index (χ3v) is 16.0. The fourth-order valence-electron chi connectivity index (χ4n) is 11.4. The van der Waals surface area contributed by atoms with Gasteiger partial charge in [-0.2, -0.15) is 0 Å². The minimum atomic E-state index is -0.0364. The zero-order valence-electron chi connectivity index (χ0n) is 43.7. The predicted octanol–water partition coefficient (Wildman–Crippen LogP) is 16.5. The van der Waals surface area contributed by atoms with Crippen LogP contribution in [0.3, 0.4) is 0 Å². The Morgan fingerprint density at radius 2 is 0.971 bits per heavy atom. The number of hydrogen-bond acceptors (Lipinski definition) is 2. The summed E-state index contributed by atoms with van der Waals surface area (Å²) in [4.78, 5) is 5.35. The zero-order chi connectivity index (χ0) is 48.5. The molecule has 0 spiro atoms. The van der Waals surface area contributed by atoms with Gasteiger partial charge in [-0.3, -0.25) is 0 Å². The first-order chi connectivity index (χ1) is 31.9. The molecule has 68 heavy (non-hydrogen) atoms. The Hall–Kier alpha value is -5.80. The number of hydrogen-bond donors (Lipinski definition) is 0. The molecule has 1 aliphatic carbocycles. The van der Waals surface area contributed by atoms with Crippen LogP contribution in [0, 0.1) is 0 Å². The highest BCUT2D eigenvalue weighted by molar-refractivity contribution is 7.00. The van der Waals surface area contributed by atoms with Crippen molar-refractivity contribution in [3.63, 3.8) is 0 Å². The van der Waals surface area contributed by atoms with Crippen LogP contribution in [-0.2, 0) is 27.1 Å². The van der Waals surface area contributed by atoms with Crippen molar-refractivity contribution in [1.82, 2.24) is 0 Å². The van der Waals surface area contributed by atoms with E-state index in [1.807, 2.05) is 0 Å². The molecule has 0 radical (unpaired) electrons. The van der Waals surface area contributed by atoms with Gasteiger partial charge in [0.15, 0.2) is 0 Å². The fraction of sp³-hybridized carbons (Fsp3) is 0.354. The zero-order valence-corrected chi connectivity index (χ0v) is 43.7. The van der Waals surface area contributed by atoms with Gasteiger partial charge in [0.2, 0.25) is 0 Å². The van der Waals surface area contributed by atoms with E-state index in [-0.39, 0.29) is 33.8 Å². The molecule has 10 rings (SSSR count). The Balaban J connectivity index is 1.34. The van der Waals surface area contributed by atoms with E-state index in [1.54, 1.807) is 0 Å². The smallest absolute Gasteiger partial charge is 0.252 e. The van der Waals surface area contributed by atoms with Crippen LogP contribution in [0.2, 0.25) is 0 Å². The number of nitrogens with zero attached hydrogens (tertiary/aromatic N) is 2. The van der Waals surface area contributed by atoms with Crippen molar-refractivity contribution >= 4 is 57.2 Å². The lowest BCUT2D eigenvalue weighted by Crippen LogP contribution is -2.62. The third kappa shape index (κ3) is 7.73. The van der Waals surface area contributed by atoms with Gasteiger partial charge in [0, 0.05) is 34.0 Å². The molecular formula is C65H73BN2. The first-order valence-corrected chi connectivity index (χ1v) is 25.4. The second-order valence-corrected chi connectivity index (χ2v) is 25.2. The van der Waals surface area contributed by atoms with Crippen LogP contribution < -0.4 is 26.2 Å². The molecule has 0 unspecified atom stereocenters. The van der Waals surface area contributed by atoms with Crippen LogP contribution in [0.5, 0.6) is 0 Å². The Bertz CT molecular complexity index is 3090. The molecule has 346 valence electrons. The Kier molecular flexibility index (Phi) is 10.7. The molecule has 2 heterocycles. The lowest BCUT2D eigenvalue weighted by molar-refractivity contribution is 0.332. The summed E-state index contributed by atoms with van der Waals surface area (Å²) in [6.45, 7) is 35.8. The van der Waals surface area contributed by atoms with Gasteiger partial charge in [-0.1, -0.05) is 195 Å². The van der Waals surface area contributed by atoms with Crippen molar-refractivity contribution in [3.05, 3.63) is 173 Å². The van der Waals surface area contributed by atoms with Crippen molar-refractivity contribution in [2.24, 2.45) is 0 Å². The minimum absolute atomic E-state index is 0.00600. The van der Waals surface area contributed by atoms with E-state index in [0.29, 0.717) is 5.92 Å². The van der Waals surface area contributed by atoms with Crippen molar-refractivity contribution in [3.8, 4) is 22.3 Å². The first kappa shape index (κ1) is 46.0. The maximum atomic E-state index is 2.71. The van der Waals surface area contributed by atoms with Crippen LogP contribution in [0.1, 0.15) is 156 Å². The molecule has 3 heteroatoms. The second-order valence-electron chi connectivity index (χ2n) is 25.2. The summed E-state index contributed by atoms with van der Waals surface area (Å²) in [6.07, 6.45) is 2.33. The lowest BCUT2D eigenvalue weighted by Gasteiger charge is -2.48. The summed E-state index contributed by atoms with van der Waals surface area (Å²) < 4.78 is 0. The summed E-state index contributed by atoms with van der Waals surface area (Å²) in [7, 11) is 0. The van der Waals surface area contributed by atoms with Crippen LogP contribution in [-0.4, -0.2) is 6.71 Å². The predicted molar refractivity (Wildman–Crippen MR) is 297 cm³/mol. The van der Waals surface area contributed by atoms with Crippen molar-refractivity contribution in [2.45, 2.75) is 150 Å². The molecule has 2 aliphatic heterocycles. The van der Waals surface area contributed by atoms with Crippen molar-refractivity contribution in [1.29, 1.82) is 0 Å². The van der Waals surface area contributed by atoms with Gasteiger partial charge in [0.1, 0.15) is 0 Å². The summed E-state index contributed by atoms with van der Waals surface area (Å²) in [6, 6.07) is 54.7. The fourth-order valence-corrected chi connectivity index (χ4v) is 11.4. The van der Waals surface area contributed by atoms with Crippen LogP contribution in [0.25, 0.3) is 22.3 Å². The highest BCUT2D eigenvalue weighted by Crippen LogP contribution is 2.52. The molecule has 0 bridgehead atoms. The number of anilines is 6. The van der Waals surface area contributed by atoms with Gasteiger partial charge >= 0.3 is 0 Å². The average molecular weight is 893 g/mol. The molecule has 0 amide bonds. The molecule has 3 aliphatic rings. The van der Waals surface area contributed by atoms with Gasteiger partial charge in [-0.05, 0) is 161 Å². The third-order valence-electron chi connectivity index (χ3n) is 16.0. The standard InChI is InChI=1S/C65H73BN2/c1-41(2)45-34-58-60-59(35-45)68(55-31-29-47(62(6,7)8)37-50(55)44-26-24-43(25-27-44)42-20-17-16-18-21-42)57-40-52-51(64(12,13)32-33-65(52,14)15)39-54(57)66(60)53-30-28-48(63(9,10)11)38-56(53)67(58)49-23-19-22-46(36-49)61(3,4)5/h16-31,34-41H,32-33H2,1-15H3. The van der Waals surface area contributed by atoms with Crippen molar-refractivity contribution < 1.29 is 0 Å². The summed E-state index contributed by atoms with van der Waals surface area (Å²) in [5.74, 6) is 0.305. The normalized spacial score (nSPS) is 16.0. The molecule has 7 aromatic carbocycles. The maximum Gasteiger partial charge on any atom is 0.252 e. The summed E-state index contributed by atoms with van der Waals surface area (Å²) >= 11 is 0. The molecule has 0 fully saturated rings. The Labute approximate surface area is 409 Å². The van der Waals surface area contributed by atoms with E-state index >= 15 is 0 Å². The average Bonchev–Trinajstić information content (AvgIpc) is 3.29. The Morgan fingerprint density at radius 1 is 0.441 bits per heavy atom. The van der Waals surface area contributed by atoms with Gasteiger partial charge in [-0.15, -0.1) is 0 Å². The molecular weight excluding hydrogens is 820 g/mol. The molecule has 0 N–H and O–H groups in total. The van der Waals surface area contributed by atoms with E-state index in [0.717, 1.165) is 6.42 Å². The Morgan fingerprint density at radius 3 is 1.59 bits per heavy atom. The van der Waals surface area contributed by atoms with Crippen LogP contribution in [0.4, 0.5) is 34.1 Å². The summed E-state index contributed by atoms with van der Waals surface area (Å²) in [5, 5.41) is 0. The highest BCUT2D eigenvalue weighted by Gasteiger charge is 2.47. The topological polar surface area (TPSA) is 6.48 Å². The molecule has 0 atom stereocenters. The number of benzene rings is 7. The van der Waals surface area contributed by atoms with Gasteiger partial charge in [0.25, 0.3) is 6.71 Å². The van der Waals surface area contributed by atoms with E-state index in [2.05, 4.69) is 253 Å². The number of rotatable bonds is 5. The highest BCUT2D eigenvalue weighted by atomic mass is 15.2. The summed E-state index contributed by atoms with van der Waals surface area (Å²) in [5.41, 5.74) is 25.1. The van der Waals surface area contributed by atoms with E-state index in [1.165, 1.54) is 113 Å². The van der Waals surface area contributed by atoms with Crippen LogP contribution >= 0.6 is 0 Å². The van der Waals surface area contributed by atoms with Crippen molar-refractivity contribution in [2.75, 3.05) is 9.80 Å². The van der Waals surface area contributed by atoms with Gasteiger partial charge < -0.3 is 9.80 Å². The van der Waals surface area contributed by atoms with Crippen LogP contribution in [0.15, 0.2) is 140 Å². The molecule has 2 nitrogen and oxygen atoms in total. The molecule has 0 saturated carbocycles. The minimum Gasteiger partial charge on any atom is -0.311 e. The lowest BCUT2D eigenvalue weighted by atomic mass is 9.33. The van der Waals surface area contributed by atoms with E-state index in [4.69, 9.17) is 0 Å². The van der Waals surface area contributed by atoms with E-state index in [9.17, 15) is 0 Å². The number of fused-ring (bicyclic) bond motifs is 5. The van der Waals surface area contributed by atoms with Gasteiger partial charge in [-0.25, -0.2) is 0 Å². The second kappa shape index (κ2) is 15.9. The van der Waals surface area contributed by atoms with E-state index < -0.39 is 0 Å². The maximum absolute atomic E-state index is 2.71. The first-order valence-electron chi connectivity index (χ1n) is 25.4. The van der Waals surface area contributed by atoms with Gasteiger partial charge in [0.05, 0.1) is 5.69 Å². The SMILES string of the molecule is CC(C)c1cc2c3c(c1)N(c1ccc(C(C)(C)C)cc1-c1ccc(-c4ccccc4)cc1)c1cc4c(cc1B3c1ccc(C(C)(C)C)cc1N2c1cccc(C(C)(C)C)c1)C(C)(C)CCC4(C)C. The monoisotopic (exact) mass is 893 g/mol.